The second-order valence-corrected chi connectivity index (χ2v) is 8.60. The van der Waals surface area contributed by atoms with Crippen LogP contribution in [0.5, 0.6) is 0 Å². The van der Waals surface area contributed by atoms with Gasteiger partial charge in [0.15, 0.2) is 0 Å². The molecule has 0 aliphatic carbocycles. The topological polar surface area (TPSA) is 23.6 Å². The summed E-state index contributed by atoms with van der Waals surface area (Å²) in [4.78, 5) is 17.4. The molecule has 31 heavy (non-hydrogen) atoms. The van der Waals surface area contributed by atoms with Crippen LogP contribution in [-0.2, 0) is 12.0 Å². The van der Waals surface area contributed by atoms with Crippen molar-refractivity contribution in [2.45, 2.75) is 24.8 Å². The summed E-state index contributed by atoms with van der Waals surface area (Å²) >= 11 is 0. The number of nitrogens with zero attached hydrogens (tertiary/aromatic N) is 2. The maximum Gasteiger partial charge on any atom is 0.258 e. The fourth-order valence-corrected chi connectivity index (χ4v) is 4.98. The van der Waals surface area contributed by atoms with Crippen LogP contribution in [0.1, 0.15) is 34.3 Å². The van der Waals surface area contributed by atoms with E-state index in [4.69, 9.17) is 0 Å². The highest BCUT2D eigenvalue weighted by Gasteiger charge is 2.46. The van der Waals surface area contributed by atoms with Crippen LogP contribution in [0.2, 0.25) is 0 Å². The molecule has 2 aliphatic heterocycles. The normalized spacial score (nSPS) is 17.7. The summed E-state index contributed by atoms with van der Waals surface area (Å²) in [5, 5.41) is 0. The van der Waals surface area contributed by atoms with Crippen molar-refractivity contribution in [1.82, 2.24) is 4.90 Å². The molecular weight excluding hydrogens is 394 g/mol. The number of rotatable bonds is 3. The predicted molar refractivity (Wildman–Crippen MR) is 117 cm³/mol. The first-order chi connectivity index (χ1) is 15.0. The van der Waals surface area contributed by atoms with Crippen molar-refractivity contribution in [3.63, 3.8) is 0 Å². The Labute approximate surface area is 180 Å². The van der Waals surface area contributed by atoms with E-state index < -0.39 is 0 Å². The Morgan fingerprint density at radius 1 is 0.871 bits per heavy atom. The predicted octanol–water partition coefficient (Wildman–Crippen LogP) is 5.16. The first kappa shape index (κ1) is 19.9. The van der Waals surface area contributed by atoms with Crippen LogP contribution in [0.3, 0.4) is 0 Å². The van der Waals surface area contributed by atoms with E-state index in [1.165, 1.54) is 35.9 Å². The molecule has 5 rings (SSSR count). The number of fused-ring (bicyclic) bond motifs is 2. The summed E-state index contributed by atoms with van der Waals surface area (Å²) in [6, 6.07) is 20.7. The van der Waals surface area contributed by atoms with Crippen molar-refractivity contribution in [2.75, 3.05) is 24.5 Å². The lowest BCUT2D eigenvalue weighted by Gasteiger charge is -2.40. The van der Waals surface area contributed by atoms with E-state index in [9.17, 15) is 13.6 Å². The van der Waals surface area contributed by atoms with Gasteiger partial charge in [0.1, 0.15) is 11.6 Å². The number of carbonyl (C=O) groups excluding carboxylic acids is 1. The molecule has 2 heterocycles. The first-order valence-corrected chi connectivity index (χ1v) is 10.7. The molecule has 0 radical (unpaired) electrons. The van der Waals surface area contributed by atoms with E-state index in [-0.39, 0.29) is 23.0 Å². The molecule has 0 N–H and O–H groups in total. The molecule has 158 valence electrons. The summed E-state index contributed by atoms with van der Waals surface area (Å²) in [5.74, 6) is -0.819. The molecule has 1 saturated heterocycles. The lowest BCUT2D eigenvalue weighted by molar-refractivity contribution is 0.0975. The Hall–Kier alpha value is -3.05. The molecule has 0 unspecified atom stereocenters. The molecular formula is C26H24F2N2O. The summed E-state index contributed by atoms with van der Waals surface area (Å²) < 4.78 is 27.5. The van der Waals surface area contributed by atoms with Crippen molar-refractivity contribution < 1.29 is 13.6 Å². The van der Waals surface area contributed by atoms with Crippen molar-refractivity contribution in [1.29, 1.82) is 0 Å². The average Bonchev–Trinajstić information content (AvgIpc) is 3.09. The molecule has 0 aromatic heterocycles. The maximum absolute atomic E-state index is 14.2. The monoisotopic (exact) mass is 418 g/mol. The van der Waals surface area contributed by atoms with Crippen molar-refractivity contribution in [2.24, 2.45) is 0 Å². The van der Waals surface area contributed by atoms with E-state index in [2.05, 4.69) is 29.2 Å². The van der Waals surface area contributed by atoms with E-state index in [1.54, 1.807) is 17.0 Å². The van der Waals surface area contributed by atoms with Gasteiger partial charge >= 0.3 is 0 Å². The Bertz CT molecular complexity index is 1090. The molecule has 1 amide bonds. The van der Waals surface area contributed by atoms with Gasteiger partial charge < -0.3 is 4.90 Å². The third-order valence-corrected chi connectivity index (χ3v) is 6.68. The van der Waals surface area contributed by atoms with Gasteiger partial charge in [-0.25, -0.2) is 8.78 Å². The number of amides is 1. The molecule has 0 bridgehead atoms. The number of hydrogen-bond donors (Lipinski definition) is 0. The lowest BCUT2D eigenvalue weighted by atomic mass is 9.74. The van der Waals surface area contributed by atoms with Crippen molar-refractivity contribution in [3.05, 3.63) is 101 Å². The fourth-order valence-electron chi connectivity index (χ4n) is 4.98. The second kappa shape index (κ2) is 7.89. The zero-order valence-electron chi connectivity index (χ0n) is 17.2. The lowest BCUT2D eigenvalue weighted by Crippen LogP contribution is -2.45. The van der Waals surface area contributed by atoms with Crippen LogP contribution in [-0.4, -0.2) is 30.4 Å². The number of hydrogen-bond acceptors (Lipinski definition) is 2. The summed E-state index contributed by atoms with van der Waals surface area (Å²) in [5.41, 5.74) is 3.16. The van der Waals surface area contributed by atoms with Crippen molar-refractivity contribution >= 4 is 11.6 Å². The van der Waals surface area contributed by atoms with Crippen LogP contribution in [0.15, 0.2) is 72.8 Å². The Morgan fingerprint density at radius 3 is 2.26 bits per heavy atom. The zero-order chi connectivity index (χ0) is 21.4. The van der Waals surface area contributed by atoms with Crippen LogP contribution >= 0.6 is 0 Å². The first-order valence-electron chi connectivity index (χ1n) is 10.7. The second-order valence-electron chi connectivity index (χ2n) is 8.60. The quantitative estimate of drug-likeness (QED) is 0.587. The third kappa shape index (κ3) is 3.74. The number of benzene rings is 3. The van der Waals surface area contributed by atoms with Gasteiger partial charge in [-0.05, 0) is 79.5 Å². The Balaban J connectivity index is 1.40. The highest BCUT2D eigenvalue weighted by atomic mass is 19.1. The smallest absolute Gasteiger partial charge is 0.258 e. The Kier molecular flexibility index (Phi) is 5.06. The minimum atomic E-state index is -0.372. The van der Waals surface area contributed by atoms with Gasteiger partial charge in [-0.15, -0.1) is 0 Å². The maximum atomic E-state index is 14.2. The molecule has 0 saturated carbocycles. The standard InChI is InChI=1S/C26H24F2N2O/c27-21-8-6-20(7-9-21)25(31)30-18-26(23-16-22(28)10-11-24(23)30)12-14-29(15-13-26)17-19-4-2-1-3-5-19/h1-11,16H,12-15,17-18H2. The largest absolute Gasteiger partial charge is 0.307 e. The molecule has 3 nitrogen and oxygen atoms in total. The Morgan fingerprint density at radius 2 is 1.55 bits per heavy atom. The van der Waals surface area contributed by atoms with Crippen LogP contribution in [0, 0.1) is 11.6 Å². The van der Waals surface area contributed by atoms with Gasteiger partial charge in [-0.3, -0.25) is 9.69 Å². The van der Waals surface area contributed by atoms with E-state index in [1.807, 2.05) is 6.07 Å². The van der Waals surface area contributed by atoms with Gasteiger partial charge in [0.25, 0.3) is 5.91 Å². The van der Waals surface area contributed by atoms with Crippen molar-refractivity contribution in [3.8, 4) is 0 Å². The molecule has 1 fully saturated rings. The molecule has 0 atom stereocenters. The van der Waals surface area contributed by atoms with Crippen LogP contribution < -0.4 is 4.90 Å². The van der Waals surface area contributed by atoms with E-state index in [0.29, 0.717) is 12.1 Å². The van der Waals surface area contributed by atoms with Crippen LogP contribution in [0.25, 0.3) is 0 Å². The molecule has 1 spiro atoms. The van der Waals surface area contributed by atoms with Gasteiger partial charge in [-0.2, -0.15) is 0 Å². The van der Waals surface area contributed by atoms with Gasteiger partial charge in [0, 0.05) is 29.8 Å². The van der Waals surface area contributed by atoms with E-state index in [0.717, 1.165) is 43.7 Å². The van der Waals surface area contributed by atoms with Crippen LogP contribution in [0.4, 0.5) is 14.5 Å². The number of piperidine rings is 1. The minimum Gasteiger partial charge on any atom is -0.307 e. The highest BCUT2D eigenvalue weighted by molar-refractivity contribution is 6.07. The van der Waals surface area contributed by atoms with Gasteiger partial charge in [0.05, 0.1) is 0 Å². The molecule has 3 aromatic carbocycles. The summed E-state index contributed by atoms with van der Waals surface area (Å²) in [6.45, 7) is 3.21. The summed E-state index contributed by atoms with van der Waals surface area (Å²) in [6.07, 6.45) is 1.73. The van der Waals surface area contributed by atoms with Gasteiger partial charge in [0.2, 0.25) is 0 Å². The summed E-state index contributed by atoms with van der Waals surface area (Å²) in [7, 11) is 0. The fraction of sp³-hybridized carbons (Fsp3) is 0.269. The minimum absolute atomic E-state index is 0.170. The van der Waals surface area contributed by atoms with E-state index >= 15 is 0 Å². The van der Waals surface area contributed by atoms with Gasteiger partial charge in [-0.1, -0.05) is 30.3 Å². The molecule has 5 heteroatoms. The molecule has 3 aromatic rings. The highest BCUT2D eigenvalue weighted by Crippen LogP contribution is 2.47. The number of halogens is 2. The zero-order valence-corrected chi connectivity index (χ0v) is 17.2. The number of carbonyl (C=O) groups is 1. The third-order valence-electron chi connectivity index (χ3n) is 6.68. The molecule has 2 aliphatic rings. The SMILES string of the molecule is O=C(c1ccc(F)cc1)N1CC2(CCN(Cc3ccccc3)CC2)c2cc(F)ccc21. The number of anilines is 1. The average molecular weight is 418 g/mol. The number of likely N-dealkylation sites (tertiary alicyclic amines) is 1.